The third kappa shape index (κ3) is 2.69. The quantitative estimate of drug-likeness (QED) is 0.833. The van der Waals surface area contributed by atoms with Gasteiger partial charge in [-0.3, -0.25) is 0 Å². The molecule has 8 heteroatoms. The van der Waals surface area contributed by atoms with Gasteiger partial charge in [-0.25, -0.2) is 8.42 Å². The minimum Gasteiger partial charge on any atom is -0.486 e. The lowest BCUT2D eigenvalue weighted by Gasteiger charge is -2.25. The molecule has 0 bridgehead atoms. The molecule has 1 aromatic carbocycles. The first-order chi connectivity index (χ1) is 12.0. The molecule has 2 aliphatic rings. The van der Waals surface area contributed by atoms with Gasteiger partial charge in [0.1, 0.15) is 19.0 Å². The second-order valence-electron chi connectivity index (χ2n) is 6.32. The van der Waals surface area contributed by atoms with Crippen LogP contribution in [0.15, 0.2) is 27.6 Å². The van der Waals surface area contributed by atoms with Crippen LogP contribution in [0.3, 0.4) is 0 Å². The molecule has 1 saturated heterocycles. The van der Waals surface area contributed by atoms with Crippen LogP contribution in [0.4, 0.5) is 0 Å². The van der Waals surface area contributed by atoms with Crippen molar-refractivity contribution in [2.45, 2.75) is 37.6 Å². The summed E-state index contributed by atoms with van der Waals surface area (Å²) in [5.41, 5.74) is 1.62. The number of aryl methyl sites for hydroxylation is 2. The normalized spacial score (nSPS) is 20.8. The minimum atomic E-state index is -3.65. The van der Waals surface area contributed by atoms with E-state index in [1.165, 1.54) is 0 Å². The van der Waals surface area contributed by atoms with E-state index in [-0.39, 0.29) is 10.9 Å². The lowest BCUT2D eigenvalue weighted by molar-refractivity contribution is 0.171. The van der Waals surface area contributed by atoms with E-state index in [4.69, 9.17) is 14.0 Å². The molecular weight excluding hydrogens is 344 g/mol. The van der Waals surface area contributed by atoms with Crippen molar-refractivity contribution in [3.63, 3.8) is 0 Å². The first kappa shape index (κ1) is 16.4. The number of hydrogen-bond donors (Lipinski definition) is 0. The smallest absolute Gasteiger partial charge is 0.243 e. The summed E-state index contributed by atoms with van der Waals surface area (Å²) in [6.45, 7) is 5.04. The number of fused-ring (bicyclic) bond motifs is 1. The van der Waals surface area contributed by atoms with Gasteiger partial charge >= 0.3 is 0 Å². The number of ether oxygens (including phenoxy) is 2. The molecule has 0 amide bonds. The van der Waals surface area contributed by atoms with Crippen LogP contribution in [-0.4, -0.2) is 37.6 Å². The molecule has 2 aliphatic heterocycles. The van der Waals surface area contributed by atoms with Crippen LogP contribution >= 0.6 is 0 Å². The average Bonchev–Trinajstić information content (AvgIpc) is 3.21. The van der Waals surface area contributed by atoms with Gasteiger partial charge in [0, 0.05) is 18.2 Å². The average molecular weight is 364 g/mol. The monoisotopic (exact) mass is 364 g/mol. The highest BCUT2D eigenvalue weighted by Crippen LogP contribution is 2.40. The fourth-order valence-electron chi connectivity index (χ4n) is 3.60. The van der Waals surface area contributed by atoms with Crippen molar-refractivity contribution in [3.05, 3.63) is 35.2 Å². The van der Waals surface area contributed by atoms with E-state index in [0.717, 1.165) is 24.1 Å². The summed E-state index contributed by atoms with van der Waals surface area (Å²) < 4.78 is 44.2. The summed E-state index contributed by atoms with van der Waals surface area (Å²) in [4.78, 5) is 0.218. The first-order valence-corrected chi connectivity index (χ1v) is 9.77. The Bertz CT molecular complexity index is 886. The molecule has 1 atom stereocenters. The second kappa shape index (κ2) is 6.03. The Hall–Kier alpha value is -2.06. The van der Waals surface area contributed by atoms with Crippen LogP contribution in [0.2, 0.25) is 0 Å². The third-order valence-electron chi connectivity index (χ3n) is 4.75. The Morgan fingerprint density at radius 2 is 1.92 bits per heavy atom. The van der Waals surface area contributed by atoms with Gasteiger partial charge < -0.3 is 14.0 Å². The summed E-state index contributed by atoms with van der Waals surface area (Å²) >= 11 is 0. The molecule has 25 heavy (non-hydrogen) atoms. The maximum absolute atomic E-state index is 13.2. The van der Waals surface area contributed by atoms with Crippen molar-refractivity contribution in [3.8, 4) is 11.5 Å². The summed E-state index contributed by atoms with van der Waals surface area (Å²) in [6, 6.07) is 4.53. The van der Waals surface area contributed by atoms with Gasteiger partial charge in [-0.1, -0.05) is 5.16 Å². The van der Waals surface area contributed by atoms with E-state index in [1.54, 1.807) is 22.5 Å². The highest BCUT2D eigenvalue weighted by Gasteiger charge is 2.39. The molecule has 1 unspecified atom stereocenters. The zero-order chi connectivity index (χ0) is 17.6. The maximum atomic E-state index is 13.2. The molecule has 1 fully saturated rings. The third-order valence-corrected chi connectivity index (χ3v) is 6.65. The van der Waals surface area contributed by atoms with Crippen molar-refractivity contribution in [1.29, 1.82) is 0 Å². The van der Waals surface area contributed by atoms with Crippen molar-refractivity contribution in [2.24, 2.45) is 0 Å². The molecule has 7 nitrogen and oxygen atoms in total. The Labute approximate surface area is 146 Å². The largest absolute Gasteiger partial charge is 0.486 e. The summed E-state index contributed by atoms with van der Waals surface area (Å²) in [7, 11) is -3.65. The highest BCUT2D eigenvalue weighted by molar-refractivity contribution is 7.89. The van der Waals surface area contributed by atoms with E-state index >= 15 is 0 Å². The molecule has 2 aromatic rings. The molecule has 0 N–H and O–H groups in total. The van der Waals surface area contributed by atoms with Gasteiger partial charge in [0.05, 0.1) is 16.6 Å². The van der Waals surface area contributed by atoms with Crippen molar-refractivity contribution in [1.82, 2.24) is 9.46 Å². The first-order valence-electron chi connectivity index (χ1n) is 8.33. The summed E-state index contributed by atoms with van der Waals surface area (Å²) in [5.74, 6) is 1.72. The van der Waals surface area contributed by atoms with Crippen molar-refractivity contribution >= 4 is 10.0 Å². The van der Waals surface area contributed by atoms with Crippen molar-refractivity contribution < 1.29 is 22.4 Å². The van der Waals surface area contributed by atoms with E-state index in [1.807, 2.05) is 13.8 Å². The molecule has 0 radical (unpaired) electrons. The molecule has 134 valence electrons. The number of aromatic nitrogens is 1. The molecule has 0 saturated carbocycles. The fraction of sp³-hybridized carbons (Fsp3) is 0.471. The Balaban J connectivity index is 1.72. The van der Waals surface area contributed by atoms with Gasteiger partial charge in [0.25, 0.3) is 0 Å². The number of rotatable bonds is 3. The summed E-state index contributed by atoms with van der Waals surface area (Å²) in [5, 5.41) is 3.97. The predicted octanol–water partition coefficient (Wildman–Crippen LogP) is 2.59. The van der Waals surface area contributed by atoms with Gasteiger partial charge in [-0.05, 0) is 38.8 Å². The molecule has 0 spiro atoms. The van der Waals surface area contributed by atoms with Gasteiger partial charge in [0.15, 0.2) is 11.5 Å². The van der Waals surface area contributed by atoms with Crippen LogP contribution in [0.25, 0.3) is 0 Å². The zero-order valence-corrected chi connectivity index (χ0v) is 15.0. The summed E-state index contributed by atoms with van der Waals surface area (Å²) in [6.07, 6.45) is 1.56. The Kier molecular flexibility index (Phi) is 3.96. The molecule has 4 rings (SSSR count). The standard InChI is InChI=1S/C17H20N2O5S/c1-11-17(12(2)24-18-11)14-4-3-7-19(14)25(20,21)13-5-6-15-16(10-13)23-9-8-22-15/h5-6,10,14H,3-4,7-9H2,1-2H3. The van der Waals surface area contributed by atoms with Gasteiger partial charge in [0.2, 0.25) is 10.0 Å². The lowest BCUT2D eigenvalue weighted by atomic mass is 10.0. The molecule has 1 aromatic heterocycles. The topological polar surface area (TPSA) is 81.9 Å². The van der Waals surface area contributed by atoms with Crippen LogP contribution in [0, 0.1) is 13.8 Å². The predicted molar refractivity (Wildman–Crippen MR) is 89.3 cm³/mol. The highest BCUT2D eigenvalue weighted by atomic mass is 32.2. The fourth-order valence-corrected chi connectivity index (χ4v) is 5.28. The van der Waals surface area contributed by atoms with Crippen LogP contribution < -0.4 is 9.47 Å². The van der Waals surface area contributed by atoms with Crippen LogP contribution in [0.1, 0.15) is 35.9 Å². The number of sulfonamides is 1. The van der Waals surface area contributed by atoms with E-state index in [0.29, 0.717) is 37.0 Å². The number of benzene rings is 1. The zero-order valence-electron chi connectivity index (χ0n) is 14.2. The van der Waals surface area contributed by atoms with Crippen LogP contribution in [-0.2, 0) is 10.0 Å². The van der Waals surface area contributed by atoms with Gasteiger partial charge in [-0.15, -0.1) is 0 Å². The lowest BCUT2D eigenvalue weighted by Crippen LogP contribution is -2.31. The molecular formula is C17H20N2O5S. The Morgan fingerprint density at radius 1 is 1.16 bits per heavy atom. The Morgan fingerprint density at radius 3 is 2.64 bits per heavy atom. The molecule has 3 heterocycles. The van der Waals surface area contributed by atoms with E-state index in [2.05, 4.69) is 5.16 Å². The van der Waals surface area contributed by atoms with Crippen molar-refractivity contribution in [2.75, 3.05) is 19.8 Å². The van der Waals surface area contributed by atoms with Gasteiger partial charge in [-0.2, -0.15) is 4.31 Å². The molecule has 0 aliphatic carbocycles. The number of nitrogens with zero attached hydrogens (tertiary/aromatic N) is 2. The second-order valence-corrected chi connectivity index (χ2v) is 8.21. The van der Waals surface area contributed by atoms with E-state index in [9.17, 15) is 8.42 Å². The number of hydrogen-bond acceptors (Lipinski definition) is 6. The van der Waals surface area contributed by atoms with E-state index < -0.39 is 10.0 Å². The minimum absolute atomic E-state index is 0.218. The SMILES string of the molecule is Cc1noc(C)c1C1CCCN1S(=O)(=O)c1ccc2c(c1)OCCO2. The van der Waals surface area contributed by atoms with Crippen LogP contribution in [0.5, 0.6) is 11.5 Å². The maximum Gasteiger partial charge on any atom is 0.243 e.